The van der Waals surface area contributed by atoms with E-state index >= 15 is 0 Å². The minimum atomic E-state index is 0.358. The molecule has 0 bridgehead atoms. The summed E-state index contributed by atoms with van der Waals surface area (Å²) in [5.41, 5.74) is 0.482. The Labute approximate surface area is 118 Å². The fourth-order valence-electron chi connectivity index (χ4n) is 3.44. The first-order valence-corrected chi connectivity index (χ1v) is 7.94. The van der Waals surface area contributed by atoms with Crippen molar-refractivity contribution in [1.29, 1.82) is 0 Å². The molecule has 1 amide bonds. The number of hydrogen-bond donors (Lipinski definition) is 1. The Morgan fingerprint density at radius 1 is 1.26 bits per heavy atom. The molecule has 2 rings (SSSR count). The average molecular weight is 266 g/mol. The molecule has 3 nitrogen and oxygen atoms in total. The van der Waals surface area contributed by atoms with Crippen molar-refractivity contribution in [2.24, 2.45) is 11.3 Å². The predicted molar refractivity (Wildman–Crippen MR) is 79.0 cm³/mol. The SMILES string of the molecule is CN(C(=O)CCC1CCNC1)C1CCC(C)(C)CC1. The van der Waals surface area contributed by atoms with Gasteiger partial charge in [-0.1, -0.05) is 13.8 Å². The van der Waals surface area contributed by atoms with Crippen molar-refractivity contribution < 1.29 is 4.79 Å². The van der Waals surface area contributed by atoms with Gasteiger partial charge in [-0.2, -0.15) is 0 Å². The molecule has 1 aliphatic carbocycles. The fourth-order valence-corrected chi connectivity index (χ4v) is 3.44. The Hall–Kier alpha value is -0.570. The molecular formula is C16H30N2O. The molecular weight excluding hydrogens is 236 g/mol. The van der Waals surface area contributed by atoms with Crippen LogP contribution in [0, 0.1) is 11.3 Å². The van der Waals surface area contributed by atoms with Crippen LogP contribution < -0.4 is 5.32 Å². The van der Waals surface area contributed by atoms with E-state index < -0.39 is 0 Å². The number of hydrogen-bond acceptors (Lipinski definition) is 2. The van der Waals surface area contributed by atoms with Crippen LogP contribution in [-0.4, -0.2) is 37.0 Å². The van der Waals surface area contributed by atoms with Crippen molar-refractivity contribution in [3.05, 3.63) is 0 Å². The van der Waals surface area contributed by atoms with E-state index in [1.165, 1.54) is 32.1 Å². The lowest BCUT2D eigenvalue weighted by atomic mass is 9.75. The molecule has 1 N–H and O–H groups in total. The Kier molecular flexibility index (Phi) is 4.88. The number of rotatable bonds is 4. The highest BCUT2D eigenvalue weighted by Gasteiger charge is 2.30. The Balaban J connectivity index is 1.72. The van der Waals surface area contributed by atoms with Crippen LogP contribution in [-0.2, 0) is 4.79 Å². The third kappa shape index (κ3) is 4.20. The Bertz CT molecular complexity index is 298. The quantitative estimate of drug-likeness (QED) is 0.848. The van der Waals surface area contributed by atoms with Crippen LogP contribution in [0.1, 0.15) is 58.8 Å². The van der Waals surface area contributed by atoms with Gasteiger partial charge < -0.3 is 10.2 Å². The van der Waals surface area contributed by atoms with Crippen molar-refractivity contribution in [1.82, 2.24) is 10.2 Å². The molecule has 19 heavy (non-hydrogen) atoms. The van der Waals surface area contributed by atoms with Gasteiger partial charge in [-0.05, 0) is 62.9 Å². The number of carbonyl (C=O) groups excluding carboxylic acids is 1. The Morgan fingerprint density at radius 2 is 1.95 bits per heavy atom. The summed E-state index contributed by atoms with van der Waals surface area (Å²) in [5.74, 6) is 1.08. The molecule has 1 heterocycles. The molecule has 0 aromatic heterocycles. The van der Waals surface area contributed by atoms with E-state index in [4.69, 9.17) is 0 Å². The van der Waals surface area contributed by atoms with Gasteiger partial charge in [0.2, 0.25) is 5.91 Å². The van der Waals surface area contributed by atoms with E-state index in [2.05, 4.69) is 19.2 Å². The molecule has 0 aromatic rings. The number of carbonyl (C=O) groups is 1. The minimum absolute atomic E-state index is 0.358. The van der Waals surface area contributed by atoms with Gasteiger partial charge in [0, 0.05) is 19.5 Å². The molecule has 0 spiro atoms. The molecule has 1 saturated carbocycles. The van der Waals surface area contributed by atoms with Gasteiger partial charge in [0.15, 0.2) is 0 Å². The topological polar surface area (TPSA) is 32.3 Å². The van der Waals surface area contributed by atoms with Crippen molar-refractivity contribution in [2.45, 2.75) is 64.8 Å². The highest BCUT2D eigenvalue weighted by molar-refractivity contribution is 5.76. The standard InChI is InChI=1S/C16H30N2O/c1-16(2)9-6-14(7-10-16)18(3)15(19)5-4-13-8-11-17-12-13/h13-14,17H,4-12H2,1-3H3. The first-order valence-electron chi connectivity index (χ1n) is 7.94. The van der Waals surface area contributed by atoms with Crippen LogP contribution in [0.15, 0.2) is 0 Å². The van der Waals surface area contributed by atoms with Crippen LogP contribution in [0.2, 0.25) is 0 Å². The van der Waals surface area contributed by atoms with E-state index in [9.17, 15) is 4.79 Å². The second-order valence-electron chi connectivity index (χ2n) is 7.30. The molecule has 1 atom stereocenters. The van der Waals surface area contributed by atoms with Crippen molar-refractivity contribution in [3.8, 4) is 0 Å². The van der Waals surface area contributed by atoms with Gasteiger partial charge in [0.1, 0.15) is 0 Å². The van der Waals surface area contributed by atoms with Gasteiger partial charge in [-0.3, -0.25) is 4.79 Å². The lowest BCUT2D eigenvalue weighted by Crippen LogP contribution is -2.40. The van der Waals surface area contributed by atoms with E-state index in [1.54, 1.807) is 0 Å². The third-order valence-corrected chi connectivity index (χ3v) is 5.18. The molecule has 1 aliphatic heterocycles. The van der Waals surface area contributed by atoms with Crippen molar-refractivity contribution in [2.75, 3.05) is 20.1 Å². The van der Waals surface area contributed by atoms with Crippen LogP contribution >= 0.6 is 0 Å². The van der Waals surface area contributed by atoms with Gasteiger partial charge in [0.25, 0.3) is 0 Å². The van der Waals surface area contributed by atoms with Crippen LogP contribution in [0.4, 0.5) is 0 Å². The van der Waals surface area contributed by atoms with E-state index in [0.29, 0.717) is 17.4 Å². The zero-order valence-corrected chi connectivity index (χ0v) is 12.9. The summed E-state index contributed by atoms with van der Waals surface area (Å²) in [6.07, 6.45) is 7.91. The second-order valence-corrected chi connectivity index (χ2v) is 7.30. The maximum atomic E-state index is 12.3. The molecule has 2 fully saturated rings. The fraction of sp³-hybridized carbons (Fsp3) is 0.938. The molecule has 0 aromatic carbocycles. The second kappa shape index (κ2) is 6.25. The summed E-state index contributed by atoms with van der Waals surface area (Å²) in [6.45, 7) is 6.93. The van der Waals surface area contributed by atoms with Crippen LogP contribution in [0.5, 0.6) is 0 Å². The first-order chi connectivity index (χ1) is 8.98. The maximum absolute atomic E-state index is 12.3. The average Bonchev–Trinajstić information content (AvgIpc) is 2.88. The largest absolute Gasteiger partial charge is 0.343 e. The minimum Gasteiger partial charge on any atom is -0.343 e. The summed E-state index contributed by atoms with van der Waals surface area (Å²) in [4.78, 5) is 14.3. The molecule has 110 valence electrons. The highest BCUT2D eigenvalue weighted by Crippen LogP contribution is 2.36. The molecule has 3 heteroatoms. The molecule has 0 radical (unpaired) electrons. The number of nitrogens with zero attached hydrogens (tertiary/aromatic N) is 1. The van der Waals surface area contributed by atoms with Crippen molar-refractivity contribution >= 4 is 5.91 Å². The smallest absolute Gasteiger partial charge is 0.222 e. The van der Waals surface area contributed by atoms with E-state index in [-0.39, 0.29) is 0 Å². The highest BCUT2D eigenvalue weighted by atomic mass is 16.2. The normalized spacial score (nSPS) is 27.4. The van der Waals surface area contributed by atoms with Gasteiger partial charge in [-0.25, -0.2) is 0 Å². The number of nitrogens with one attached hydrogen (secondary N) is 1. The predicted octanol–water partition coefficient (Wildman–Crippen LogP) is 2.80. The first kappa shape index (κ1) is 14.8. The van der Waals surface area contributed by atoms with Gasteiger partial charge in [-0.15, -0.1) is 0 Å². The third-order valence-electron chi connectivity index (χ3n) is 5.18. The summed E-state index contributed by atoms with van der Waals surface area (Å²) >= 11 is 0. The van der Waals surface area contributed by atoms with E-state index in [0.717, 1.165) is 31.8 Å². The molecule has 1 unspecified atom stereocenters. The lowest BCUT2D eigenvalue weighted by Gasteiger charge is -2.38. The van der Waals surface area contributed by atoms with Gasteiger partial charge in [0.05, 0.1) is 0 Å². The van der Waals surface area contributed by atoms with Gasteiger partial charge >= 0.3 is 0 Å². The summed E-state index contributed by atoms with van der Waals surface area (Å²) < 4.78 is 0. The van der Waals surface area contributed by atoms with Crippen LogP contribution in [0.25, 0.3) is 0 Å². The summed E-state index contributed by atoms with van der Waals surface area (Å²) in [6, 6.07) is 0.488. The zero-order chi connectivity index (χ0) is 13.9. The lowest BCUT2D eigenvalue weighted by molar-refractivity contribution is -0.133. The Morgan fingerprint density at radius 3 is 2.53 bits per heavy atom. The number of amides is 1. The maximum Gasteiger partial charge on any atom is 0.222 e. The molecule has 1 saturated heterocycles. The summed E-state index contributed by atoms with van der Waals surface area (Å²) in [5, 5.41) is 3.37. The monoisotopic (exact) mass is 266 g/mol. The summed E-state index contributed by atoms with van der Waals surface area (Å²) in [7, 11) is 2.01. The van der Waals surface area contributed by atoms with Crippen molar-refractivity contribution in [3.63, 3.8) is 0 Å². The zero-order valence-electron chi connectivity index (χ0n) is 12.9. The van der Waals surface area contributed by atoms with E-state index in [1.807, 2.05) is 11.9 Å². The van der Waals surface area contributed by atoms with Crippen LogP contribution in [0.3, 0.4) is 0 Å². The molecule has 2 aliphatic rings.